The molecule has 1 amide bonds. The van der Waals surface area contributed by atoms with Gasteiger partial charge in [0.05, 0.1) is 10.5 Å². The average molecular weight is 406 g/mol. The number of halogens is 1. The first kappa shape index (κ1) is 20.0. The average Bonchev–Trinajstić information content (AvgIpc) is 3.22. The van der Waals surface area contributed by atoms with Gasteiger partial charge in [-0.05, 0) is 55.3 Å². The zero-order valence-electron chi connectivity index (χ0n) is 14.9. The van der Waals surface area contributed by atoms with Crippen molar-refractivity contribution in [3.05, 3.63) is 59.9 Å². The lowest BCUT2D eigenvalue weighted by molar-refractivity contribution is -0.119. The molecule has 0 aliphatic carbocycles. The SMILES string of the molecule is O=C(COC(=O)c1ccc(S(=O)(=O)N2CCCC2)cc1)Nc1cccc(F)c1. The van der Waals surface area contributed by atoms with Crippen molar-refractivity contribution in [1.29, 1.82) is 0 Å². The molecule has 9 heteroatoms. The van der Waals surface area contributed by atoms with E-state index < -0.39 is 34.3 Å². The van der Waals surface area contributed by atoms with Crippen molar-refractivity contribution >= 4 is 27.6 Å². The number of rotatable bonds is 6. The summed E-state index contributed by atoms with van der Waals surface area (Å²) in [5.41, 5.74) is 0.372. The van der Waals surface area contributed by atoms with Gasteiger partial charge in [0.15, 0.2) is 6.61 Å². The lowest BCUT2D eigenvalue weighted by Crippen LogP contribution is -2.27. The first-order valence-electron chi connectivity index (χ1n) is 8.69. The molecule has 1 fully saturated rings. The predicted octanol–water partition coefficient (Wildman–Crippen LogP) is 2.41. The number of esters is 1. The van der Waals surface area contributed by atoms with Gasteiger partial charge in [-0.25, -0.2) is 17.6 Å². The normalized spacial score (nSPS) is 14.6. The van der Waals surface area contributed by atoms with Crippen molar-refractivity contribution in [2.75, 3.05) is 25.0 Å². The van der Waals surface area contributed by atoms with Gasteiger partial charge in [0.1, 0.15) is 5.82 Å². The fourth-order valence-corrected chi connectivity index (χ4v) is 4.34. The van der Waals surface area contributed by atoms with E-state index in [2.05, 4.69) is 5.32 Å². The minimum absolute atomic E-state index is 0.106. The van der Waals surface area contributed by atoms with E-state index in [0.29, 0.717) is 13.1 Å². The molecule has 1 saturated heterocycles. The number of nitrogens with one attached hydrogen (secondary N) is 1. The lowest BCUT2D eigenvalue weighted by Gasteiger charge is -2.15. The minimum Gasteiger partial charge on any atom is -0.452 e. The Balaban J connectivity index is 1.56. The molecule has 0 atom stereocenters. The van der Waals surface area contributed by atoms with Gasteiger partial charge in [-0.3, -0.25) is 4.79 Å². The van der Waals surface area contributed by atoms with Crippen molar-refractivity contribution in [1.82, 2.24) is 4.31 Å². The van der Waals surface area contributed by atoms with E-state index in [9.17, 15) is 22.4 Å². The van der Waals surface area contributed by atoms with Gasteiger partial charge in [0, 0.05) is 18.8 Å². The van der Waals surface area contributed by atoms with Crippen molar-refractivity contribution < 1.29 is 27.1 Å². The topological polar surface area (TPSA) is 92.8 Å². The van der Waals surface area contributed by atoms with Crippen LogP contribution >= 0.6 is 0 Å². The highest BCUT2D eigenvalue weighted by Gasteiger charge is 2.27. The molecule has 0 bridgehead atoms. The molecule has 0 aromatic heterocycles. The summed E-state index contributed by atoms with van der Waals surface area (Å²) in [6.45, 7) is 0.433. The summed E-state index contributed by atoms with van der Waals surface area (Å²) in [6, 6.07) is 10.7. The molecule has 0 radical (unpaired) electrons. The third-order valence-corrected chi connectivity index (χ3v) is 6.15. The summed E-state index contributed by atoms with van der Waals surface area (Å²) in [6.07, 6.45) is 1.67. The third-order valence-electron chi connectivity index (χ3n) is 4.24. The molecule has 2 aromatic rings. The van der Waals surface area contributed by atoms with Crippen LogP contribution in [0, 0.1) is 5.82 Å². The number of carbonyl (C=O) groups is 2. The molecule has 3 rings (SSSR count). The number of carbonyl (C=O) groups excluding carboxylic acids is 2. The summed E-state index contributed by atoms with van der Waals surface area (Å²) >= 11 is 0. The van der Waals surface area contributed by atoms with Crippen LogP contribution in [0.5, 0.6) is 0 Å². The van der Waals surface area contributed by atoms with E-state index in [4.69, 9.17) is 4.74 Å². The van der Waals surface area contributed by atoms with Gasteiger partial charge < -0.3 is 10.1 Å². The zero-order valence-corrected chi connectivity index (χ0v) is 15.7. The highest BCUT2D eigenvalue weighted by Crippen LogP contribution is 2.21. The first-order valence-corrected chi connectivity index (χ1v) is 10.1. The van der Waals surface area contributed by atoms with Crippen LogP contribution in [-0.4, -0.2) is 44.3 Å². The monoisotopic (exact) mass is 406 g/mol. The molecular formula is C19H19FN2O5S. The molecule has 1 aliphatic rings. The van der Waals surface area contributed by atoms with Crippen molar-refractivity contribution in [3.63, 3.8) is 0 Å². The van der Waals surface area contributed by atoms with Gasteiger partial charge in [-0.2, -0.15) is 4.31 Å². The van der Waals surface area contributed by atoms with E-state index in [1.165, 1.54) is 46.8 Å². The van der Waals surface area contributed by atoms with Gasteiger partial charge in [-0.1, -0.05) is 6.07 Å². The smallest absolute Gasteiger partial charge is 0.338 e. The Morgan fingerprint density at radius 2 is 1.75 bits per heavy atom. The van der Waals surface area contributed by atoms with Crippen LogP contribution in [0.3, 0.4) is 0 Å². The number of nitrogens with zero attached hydrogens (tertiary/aromatic N) is 1. The van der Waals surface area contributed by atoms with Crippen LogP contribution in [0.1, 0.15) is 23.2 Å². The molecule has 148 valence electrons. The largest absolute Gasteiger partial charge is 0.452 e. The Bertz CT molecular complexity index is 970. The van der Waals surface area contributed by atoms with Gasteiger partial charge in [0.2, 0.25) is 10.0 Å². The fraction of sp³-hybridized carbons (Fsp3) is 0.263. The van der Waals surface area contributed by atoms with Crippen LogP contribution in [0.4, 0.5) is 10.1 Å². The molecule has 0 spiro atoms. The molecule has 1 heterocycles. The maximum Gasteiger partial charge on any atom is 0.338 e. The van der Waals surface area contributed by atoms with E-state index in [-0.39, 0.29) is 16.1 Å². The Hall–Kier alpha value is -2.78. The number of hydrogen-bond acceptors (Lipinski definition) is 5. The number of benzene rings is 2. The third kappa shape index (κ3) is 4.73. The Labute approximate surface area is 162 Å². The van der Waals surface area contributed by atoms with Gasteiger partial charge >= 0.3 is 5.97 Å². The highest BCUT2D eigenvalue weighted by atomic mass is 32.2. The van der Waals surface area contributed by atoms with Gasteiger partial charge in [-0.15, -0.1) is 0 Å². The number of amides is 1. The first-order chi connectivity index (χ1) is 13.4. The summed E-state index contributed by atoms with van der Waals surface area (Å²) < 4.78 is 44.3. The summed E-state index contributed by atoms with van der Waals surface area (Å²) in [4.78, 5) is 24.0. The standard InChI is InChI=1S/C19H19FN2O5S/c20-15-4-3-5-16(12-15)21-18(23)13-27-19(24)14-6-8-17(9-7-14)28(25,26)22-10-1-2-11-22/h3-9,12H,1-2,10-11,13H2,(H,21,23). The summed E-state index contributed by atoms with van der Waals surface area (Å²) in [5, 5.41) is 2.41. The maximum absolute atomic E-state index is 13.1. The Kier molecular flexibility index (Phi) is 6.05. The second-order valence-electron chi connectivity index (χ2n) is 6.27. The van der Waals surface area contributed by atoms with Crippen LogP contribution in [0.2, 0.25) is 0 Å². The van der Waals surface area contributed by atoms with Crippen LogP contribution in [0.25, 0.3) is 0 Å². The van der Waals surface area contributed by atoms with Crippen LogP contribution in [-0.2, 0) is 19.6 Å². The molecule has 28 heavy (non-hydrogen) atoms. The van der Waals surface area contributed by atoms with E-state index in [1.54, 1.807) is 0 Å². The summed E-state index contributed by atoms with van der Waals surface area (Å²) in [7, 11) is -3.56. The quantitative estimate of drug-likeness (QED) is 0.744. The summed E-state index contributed by atoms with van der Waals surface area (Å²) in [5.74, 6) is -1.88. The van der Waals surface area contributed by atoms with Gasteiger partial charge in [0.25, 0.3) is 5.91 Å². The fourth-order valence-electron chi connectivity index (χ4n) is 2.82. The number of ether oxygens (including phenoxy) is 1. The number of sulfonamides is 1. The second-order valence-corrected chi connectivity index (χ2v) is 8.21. The Morgan fingerprint density at radius 1 is 1.07 bits per heavy atom. The molecular weight excluding hydrogens is 387 g/mol. The highest BCUT2D eigenvalue weighted by molar-refractivity contribution is 7.89. The maximum atomic E-state index is 13.1. The molecule has 1 N–H and O–H groups in total. The molecule has 0 saturated carbocycles. The Morgan fingerprint density at radius 3 is 2.39 bits per heavy atom. The minimum atomic E-state index is -3.56. The van der Waals surface area contributed by atoms with Crippen molar-refractivity contribution in [2.24, 2.45) is 0 Å². The predicted molar refractivity (Wildman–Crippen MR) is 99.7 cm³/mol. The van der Waals surface area contributed by atoms with Crippen molar-refractivity contribution in [3.8, 4) is 0 Å². The molecule has 0 unspecified atom stereocenters. The van der Waals surface area contributed by atoms with Crippen molar-refractivity contribution in [2.45, 2.75) is 17.7 Å². The second kappa shape index (κ2) is 8.49. The van der Waals surface area contributed by atoms with Crippen LogP contribution in [0.15, 0.2) is 53.4 Å². The van der Waals surface area contributed by atoms with E-state index in [1.807, 2.05) is 0 Å². The van der Waals surface area contributed by atoms with E-state index >= 15 is 0 Å². The molecule has 1 aliphatic heterocycles. The number of hydrogen-bond donors (Lipinski definition) is 1. The van der Waals surface area contributed by atoms with E-state index in [0.717, 1.165) is 18.9 Å². The molecule has 7 nitrogen and oxygen atoms in total. The zero-order chi connectivity index (χ0) is 20.1. The molecule has 2 aromatic carbocycles. The number of anilines is 1. The lowest BCUT2D eigenvalue weighted by atomic mass is 10.2. The van der Waals surface area contributed by atoms with Crippen LogP contribution < -0.4 is 5.32 Å².